The minimum atomic E-state index is -1.31. The molecule has 0 saturated heterocycles. The van der Waals surface area contributed by atoms with Gasteiger partial charge in [0.15, 0.2) is 0 Å². The molecule has 0 saturated carbocycles. The van der Waals surface area contributed by atoms with Crippen molar-refractivity contribution >= 4 is 13.1 Å². The first-order chi connectivity index (χ1) is 11.1. The van der Waals surface area contributed by atoms with Crippen molar-refractivity contribution < 1.29 is 19.9 Å². The zero-order chi connectivity index (χ0) is 17.2. The second kappa shape index (κ2) is 17.5. The molecule has 134 valence electrons. The van der Waals surface area contributed by atoms with Gasteiger partial charge in [-0.25, -0.2) is 0 Å². The normalized spacial score (nSPS) is 11.2. The number of carbonyl (C=O) groups is 1. The van der Waals surface area contributed by atoms with Gasteiger partial charge < -0.3 is 15.2 Å². The van der Waals surface area contributed by atoms with Gasteiger partial charge in [0.05, 0.1) is 0 Å². The Morgan fingerprint density at radius 2 is 1.09 bits per heavy atom. The Balaban J connectivity index is 3.04. The largest absolute Gasteiger partial charge is 0.481 e. The van der Waals surface area contributed by atoms with Crippen molar-refractivity contribution in [3.8, 4) is 0 Å². The third-order valence-electron chi connectivity index (χ3n) is 4.07. The maximum atomic E-state index is 10.4. The number of allylic oxidation sites excluding steroid dienone is 1. The molecule has 0 radical (unpaired) electrons. The van der Waals surface area contributed by atoms with Crippen molar-refractivity contribution in [2.45, 2.75) is 96.3 Å². The molecule has 0 spiro atoms. The maximum Gasteiger partial charge on any atom is 0.480 e. The van der Waals surface area contributed by atoms with Crippen LogP contribution >= 0.6 is 0 Å². The van der Waals surface area contributed by atoms with Crippen molar-refractivity contribution in [3.63, 3.8) is 0 Å². The minimum absolute atomic E-state index is 0.319. The zero-order valence-electron chi connectivity index (χ0n) is 14.6. The summed E-state index contributed by atoms with van der Waals surface area (Å²) in [6, 6.07) is 0. The van der Waals surface area contributed by atoms with E-state index >= 15 is 0 Å². The van der Waals surface area contributed by atoms with Gasteiger partial charge in [-0.1, -0.05) is 82.7 Å². The van der Waals surface area contributed by atoms with Crippen LogP contribution in [-0.4, -0.2) is 28.2 Å². The van der Waals surface area contributed by atoms with Crippen LogP contribution in [0.4, 0.5) is 0 Å². The van der Waals surface area contributed by atoms with Gasteiger partial charge in [-0.15, -0.1) is 0 Å². The summed E-state index contributed by atoms with van der Waals surface area (Å²) in [4.78, 5) is 10.4. The molecule has 0 heterocycles. The molecule has 0 amide bonds. The summed E-state index contributed by atoms with van der Waals surface area (Å²) in [6.07, 6.45) is 18.9. The SMILES string of the molecule is O=C(O)CCCCCCCCCCCCCCCC=CB(O)O. The summed E-state index contributed by atoms with van der Waals surface area (Å²) in [5.41, 5.74) is 0. The monoisotopic (exact) mass is 326 g/mol. The van der Waals surface area contributed by atoms with Crippen molar-refractivity contribution in [2.24, 2.45) is 0 Å². The Morgan fingerprint density at radius 3 is 1.48 bits per heavy atom. The van der Waals surface area contributed by atoms with Crippen molar-refractivity contribution in [1.82, 2.24) is 0 Å². The van der Waals surface area contributed by atoms with E-state index in [1.165, 1.54) is 70.2 Å². The fraction of sp³-hybridized carbons (Fsp3) is 0.833. The quantitative estimate of drug-likeness (QED) is 0.272. The molecule has 0 bridgehead atoms. The molecule has 0 aliphatic heterocycles. The van der Waals surface area contributed by atoms with Crippen LogP contribution in [-0.2, 0) is 4.79 Å². The van der Waals surface area contributed by atoms with Crippen molar-refractivity contribution in [1.29, 1.82) is 0 Å². The fourth-order valence-corrected chi connectivity index (χ4v) is 2.70. The Morgan fingerprint density at radius 1 is 0.696 bits per heavy atom. The van der Waals surface area contributed by atoms with Gasteiger partial charge in [0.2, 0.25) is 0 Å². The Bertz CT molecular complexity index is 293. The van der Waals surface area contributed by atoms with Crippen LogP contribution in [0.5, 0.6) is 0 Å². The summed E-state index contributed by atoms with van der Waals surface area (Å²) in [5.74, 6) is 0.747. The smallest absolute Gasteiger partial charge is 0.480 e. The van der Waals surface area contributed by atoms with E-state index in [4.69, 9.17) is 15.2 Å². The number of carboxylic acids is 1. The predicted molar refractivity (Wildman–Crippen MR) is 96.2 cm³/mol. The van der Waals surface area contributed by atoms with Gasteiger partial charge in [-0.05, 0) is 19.3 Å². The van der Waals surface area contributed by atoms with Crippen LogP contribution < -0.4 is 0 Å². The van der Waals surface area contributed by atoms with Crippen LogP contribution in [0.2, 0.25) is 0 Å². The summed E-state index contributed by atoms with van der Waals surface area (Å²) in [6.45, 7) is 0. The molecule has 0 unspecified atom stereocenters. The van der Waals surface area contributed by atoms with Gasteiger partial charge in [-0.3, -0.25) is 4.79 Å². The average Bonchev–Trinajstić information content (AvgIpc) is 2.49. The van der Waals surface area contributed by atoms with Gasteiger partial charge >= 0.3 is 13.1 Å². The van der Waals surface area contributed by atoms with E-state index in [0.29, 0.717) is 6.42 Å². The Hall–Kier alpha value is -0.805. The summed E-state index contributed by atoms with van der Waals surface area (Å²) >= 11 is 0. The molecule has 4 nitrogen and oxygen atoms in total. The Labute approximate surface area is 142 Å². The van der Waals surface area contributed by atoms with Crippen molar-refractivity contribution in [2.75, 3.05) is 0 Å². The lowest BCUT2D eigenvalue weighted by molar-refractivity contribution is -0.137. The first-order valence-corrected chi connectivity index (χ1v) is 9.37. The second-order valence-electron chi connectivity index (χ2n) is 6.37. The van der Waals surface area contributed by atoms with E-state index in [0.717, 1.165) is 25.7 Å². The van der Waals surface area contributed by atoms with E-state index in [9.17, 15) is 4.79 Å². The zero-order valence-corrected chi connectivity index (χ0v) is 14.6. The van der Waals surface area contributed by atoms with Gasteiger partial charge in [0, 0.05) is 6.42 Å². The highest BCUT2D eigenvalue weighted by Gasteiger charge is 1.98. The first-order valence-electron chi connectivity index (χ1n) is 9.37. The Kier molecular flexibility index (Phi) is 16.9. The summed E-state index contributed by atoms with van der Waals surface area (Å²) in [7, 11) is -1.31. The van der Waals surface area contributed by atoms with Crippen LogP contribution in [0, 0.1) is 0 Å². The van der Waals surface area contributed by atoms with Gasteiger partial charge in [0.25, 0.3) is 0 Å². The average molecular weight is 326 g/mol. The third kappa shape index (κ3) is 21.2. The van der Waals surface area contributed by atoms with Crippen molar-refractivity contribution in [3.05, 3.63) is 12.1 Å². The highest BCUT2D eigenvalue weighted by atomic mass is 16.4. The molecule has 0 aromatic rings. The molecule has 0 aliphatic carbocycles. The van der Waals surface area contributed by atoms with Crippen LogP contribution in [0.15, 0.2) is 12.1 Å². The molecule has 23 heavy (non-hydrogen) atoms. The highest BCUT2D eigenvalue weighted by Crippen LogP contribution is 2.13. The van der Waals surface area contributed by atoms with Crippen LogP contribution in [0.25, 0.3) is 0 Å². The molecule has 0 fully saturated rings. The molecule has 0 rings (SSSR count). The second-order valence-corrected chi connectivity index (χ2v) is 6.37. The number of hydrogen-bond donors (Lipinski definition) is 3. The molecule has 3 N–H and O–H groups in total. The number of hydrogen-bond acceptors (Lipinski definition) is 3. The van der Waals surface area contributed by atoms with E-state index in [-0.39, 0.29) is 0 Å². The van der Waals surface area contributed by atoms with E-state index in [1.54, 1.807) is 0 Å². The minimum Gasteiger partial charge on any atom is -0.481 e. The van der Waals surface area contributed by atoms with E-state index < -0.39 is 13.1 Å². The predicted octanol–water partition coefficient (Wildman–Crippen LogP) is 4.49. The molecular formula is C18H35BO4. The maximum absolute atomic E-state index is 10.4. The number of aliphatic carboxylic acids is 1. The topological polar surface area (TPSA) is 77.8 Å². The summed E-state index contributed by atoms with van der Waals surface area (Å²) < 4.78 is 0. The third-order valence-corrected chi connectivity index (χ3v) is 4.07. The summed E-state index contributed by atoms with van der Waals surface area (Å²) in [5, 5.41) is 25.8. The lowest BCUT2D eigenvalue weighted by atomic mass is 9.91. The first kappa shape index (κ1) is 22.2. The highest BCUT2D eigenvalue weighted by molar-refractivity contribution is 6.47. The molecule has 0 aromatic carbocycles. The number of unbranched alkanes of at least 4 members (excludes halogenated alkanes) is 13. The molecule has 5 heteroatoms. The molecule has 0 atom stereocenters. The van der Waals surface area contributed by atoms with Crippen LogP contribution in [0.1, 0.15) is 96.3 Å². The fourth-order valence-electron chi connectivity index (χ4n) is 2.70. The lowest BCUT2D eigenvalue weighted by Gasteiger charge is -2.03. The number of carboxylic acid groups (broad SMARTS) is 1. The van der Waals surface area contributed by atoms with Crippen LogP contribution in [0.3, 0.4) is 0 Å². The number of rotatable bonds is 17. The lowest BCUT2D eigenvalue weighted by Crippen LogP contribution is -2.05. The standard InChI is InChI=1S/C18H35BO4/c20-18(21)16-14-12-10-8-6-4-2-1-3-5-7-9-11-13-15-17-19(22)23/h15,17,22-23H,1-14,16H2,(H,20,21). The van der Waals surface area contributed by atoms with E-state index in [2.05, 4.69) is 0 Å². The van der Waals surface area contributed by atoms with Gasteiger partial charge in [-0.2, -0.15) is 0 Å². The molecule has 0 aromatic heterocycles. The molecular weight excluding hydrogens is 291 g/mol. The van der Waals surface area contributed by atoms with Gasteiger partial charge in [0.1, 0.15) is 0 Å². The molecule has 0 aliphatic rings. The van der Waals surface area contributed by atoms with E-state index in [1.807, 2.05) is 6.08 Å².